The summed E-state index contributed by atoms with van der Waals surface area (Å²) in [6.07, 6.45) is 1.17. The van der Waals surface area contributed by atoms with Gasteiger partial charge in [-0.25, -0.2) is 8.42 Å². The molecule has 1 amide bonds. The monoisotopic (exact) mass is 376 g/mol. The van der Waals surface area contributed by atoms with Gasteiger partial charge in [-0.05, 0) is 30.7 Å². The van der Waals surface area contributed by atoms with E-state index < -0.39 is 10.0 Å². The van der Waals surface area contributed by atoms with E-state index in [1.54, 1.807) is 24.3 Å². The van der Waals surface area contributed by atoms with E-state index in [0.29, 0.717) is 11.3 Å². The first-order valence-corrected chi connectivity index (χ1v) is 10.1. The van der Waals surface area contributed by atoms with Crippen molar-refractivity contribution in [2.75, 3.05) is 26.5 Å². The molecule has 0 fully saturated rings. The minimum atomic E-state index is -3.39. The molecule has 0 saturated carbocycles. The van der Waals surface area contributed by atoms with Gasteiger partial charge in [0.1, 0.15) is 5.75 Å². The number of benzene rings is 2. The highest BCUT2D eigenvalue weighted by Crippen LogP contribution is 2.13. The number of rotatable bonds is 8. The van der Waals surface area contributed by atoms with Crippen LogP contribution in [-0.2, 0) is 16.6 Å². The van der Waals surface area contributed by atoms with Crippen LogP contribution < -0.4 is 10.1 Å². The Morgan fingerprint density at radius 1 is 1.15 bits per heavy atom. The van der Waals surface area contributed by atoms with Gasteiger partial charge in [0.05, 0.1) is 13.4 Å². The van der Waals surface area contributed by atoms with Crippen molar-refractivity contribution in [3.05, 3.63) is 65.2 Å². The molecule has 0 saturated heterocycles. The fraction of sp³-hybridized carbons (Fsp3) is 0.316. The summed E-state index contributed by atoms with van der Waals surface area (Å²) in [6.45, 7) is 2.65. The molecule has 1 N–H and O–H groups in total. The quantitative estimate of drug-likeness (QED) is 0.766. The number of amides is 1. The van der Waals surface area contributed by atoms with Crippen molar-refractivity contribution in [2.24, 2.45) is 0 Å². The Bertz CT molecular complexity index is 865. The summed E-state index contributed by atoms with van der Waals surface area (Å²) in [6, 6.07) is 14.5. The fourth-order valence-electron chi connectivity index (χ4n) is 2.54. The number of sulfonamides is 1. The van der Waals surface area contributed by atoms with E-state index in [4.69, 9.17) is 4.74 Å². The largest absolute Gasteiger partial charge is 0.497 e. The predicted octanol–water partition coefficient (Wildman–Crippen LogP) is 2.20. The van der Waals surface area contributed by atoms with Gasteiger partial charge in [0.15, 0.2) is 0 Å². The van der Waals surface area contributed by atoms with Crippen molar-refractivity contribution >= 4 is 15.9 Å². The van der Waals surface area contributed by atoms with Gasteiger partial charge < -0.3 is 10.1 Å². The number of carbonyl (C=O) groups excluding carboxylic acids is 1. The maximum Gasteiger partial charge on any atom is 0.251 e. The van der Waals surface area contributed by atoms with Crippen molar-refractivity contribution in [3.63, 3.8) is 0 Å². The highest BCUT2D eigenvalue weighted by atomic mass is 32.2. The molecular weight excluding hydrogens is 352 g/mol. The first-order valence-electron chi connectivity index (χ1n) is 8.22. The molecule has 0 aliphatic rings. The maximum absolute atomic E-state index is 12.2. The van der Waals surface area contributed by atoms with Crippen molar-refractivity contribution < 1.29 is 17.9 Å². The molecule has 0 unspecified atom stereocenters. The number of hydrogen-bond acceptors (Lipinski definition) is 4. The zero-order valence-electron chi connectivity index (χ0n) is 15.2. The molecule has 2 aromatic carbocycles. The van der Waals surface area contributed by atoms with Crippen LogP contribution in [0, 0.1) is 6.92 Å². The highest BCUT2D eigenvalue weighted by molar-refractivity contribution is 7.88. The zero-order chi connectivity index (χ0) is 19.2. The van der Waals surface area contributed by atoms with Gasteiger partial charge in [0.25, 0.3) is 5.91 Å². The van der Waals surface area contributed by atoms with Crippen LogP contribution in [-0.4, -0.2) is 45.1 Å². The number of methoxy groups -OCH3 is 1. The summed E-state index contributed by atoms with van der Waals surface area (Å²) < 4.78 is 30.5. The molecule has 0 atom stereocenters. The smallest absolute Gasteiger partial charge is 0.251 e. The van der Waals surface area contributed by atoms with Crippen LogP contribution in [0.2, 0.25) is 0 Å². The Morgan fingerprint density at radius 2 is 1.88 bits per heavy atom. The first-order chi connectivity index (χ1) is 12.3. The van der Waals surface area contributed by atoms with Gasteiger partial charge in [-0.15, -0.1) is 0 Å². The topological polar surface area (TPSA) is 75.7 Å². The summed E-state index contributed by atoms with van der Waals surface area (Å²) in [5.74, 6) is 0.322. The third-order valence-electron chi connectivity index (χ3n) is 3.89. The summed E-state index contributed by atoms with van der Waals surface area (Å²) in [5, 5.41) is 2.75. The van der Waals surface area contributed by atoms with Crippen LogP contribution in [0.5, 0.6) is 5.75 Å². The molecule has 26 heavy (non-hydrogen) atoms. The molecule has 0 aliphatic carbocycles. The van der Waals surface area contributed by atoms with E-state index in [1.807, 2.05) is 31.2 Å². The van der Waals surface area contributed by atoms with Gasteiger partial charge >= 0.3 is 0 Å². The van der Waals surface area contributed by atoms with Gasteiger partial charge in [-0.1, -0.05) is 35.9 Å². The van der Waals surface area contributed by atoms with Crippen molar-refractivity contribution in [1.29, 1.82) is 0 Å². The molecule has 2 rings (SSSR count). The first kappa shape index (κ1) is 19.9. The Labute approximate surface area is 154 Å². The summed E-state index contributed by atoms with van der Waals surface area (Å²) in [7, 11) is -1.85. The lowest BCUT2D eigenvalue weighted by atomic mass is 10.1. The maximum atomic E-state index is 12.2. The summed E-state index contributed by atoms with van der Waals surface area (Å²) in [5.41, 5.74) is 2.45. The molecule has 0 aromatic heterocycles. The third kappa shape index (κ3) is 5.86. The number of carbonyl (C=O) groups is 1. The summed E-state index contributed by atoms with van der Waals surface area (Å²) >= 11 is 0. The number of ether oxygens (including phenoxy) is 1. The van der Waals surface area contributed by atoms with Crippen LogP contribution in [0.3, 0.4) is 0 Å². The van der Waals surface area contributed by atoms with E-state index in [2.05, 4.69) is 5.32 Å². The Hall–Kier alpha value is -2.38. The highest BCUT2D eigenvalue weighted by Gasteiger charge is 2.17. The van der Waals surface area contributed by atoms with E-state index in [-0.39, 0.29) is 25.5 Å². The molecule has 6 nitrogen and oxygen atoms in total. The van der Waals surface area contributed by atoms with Crippen LogP contribution >= 0.6 is 0 Å². The molecular formula is C19H24N2O4S. The molecule has 7 heteroatoms. The molecule has 0 spiro atoms. The Kier molecular flexibility index (Phi) is 6.76. The minimum Gasteiger partial charge on any atom is -0.497 e. The number of aryl methyl sites for hydroxylation is 1. The van der Waals surface area contributed by atoms with E-state index in [9.17, 15) is 13.2 Å². The molecule has 140 valence electrons. The minimum absolute atomic E-state index is 0.197. The molecule has 0 bridgehead atoms. The average Bonchev–Trinajstić information content (AvgIpc) is 2.60. The van der Waals surface area contributed by atoms with Crippen molar-refractivity contribution in [2.45, 2.75) is 13.5 Å². The lowest BCUT2D eigenvalue weighted by Crippen LogP contribution is -2.37. The van der Waals surface area contributed by atoms with E-state index in [0.717, 1.165) is 11.1 Å². The lowest BCUT2D eigenvalue weighted by Gasteiger charge is -2.20. The van der Waals surface area contributed by atoms with E-state index in [1.165, 1.54) is 17.7 Å². The Balaban J connectivity index is 1.98. The molecule has 2 aromatic rings. The average molecular weight is 376 g/mol. The summed E-state index contributed by atoms with van der Waals surface area (Å²) in [4.78, 5) is 12.2. The SMILES string of the molecule is COc1cccc(C(=O)NCCN(Cc2cccc(C)c2)S(C)(=O)=O)c1. The lowest BCUT2D eigenvalue weighted by molar-refractivity contribution is 0.0951. The second-order valence-electron chi connectivity index (χ2n) is 6.07. The predicted molar refractivity (Wildman–Crippen MR) is 102 cm³/mol. The number of nitrogens with one attached hydrogen (secondary N) is 1. The van der Waals surface area contributed by atoms with Crippen LogP contribution in [0.15, 0.2) is 48.5 Å². The van der Waals surface area contributed by atoms with Gasteiger partial charge in [-0.2, -0.15) is 4.31 Å². The van der Waals surface area contributed by atoms with Crippen LogP contribution in [0.4, 0.5) is 0 Å². The van der Waals surface area contributed by atoms with Crippen LogP contribution in [0.25, 0.3) is 0 Å². The fourth-order valence-corrected chi connectivity index (χ4v) is 3.34. The molecule has 0 radical (unpaired) electrons. The van der Waals surface area contributed by atoms with Crippen molar-refractivity contribution in [1.82, 2.24) is 9.62 Å². The van der Waals surface area contributed by atoms with E-state index >= 15 is 0 Å². The standard InChI is InChI=1S/C19H24N2O4S/c1-15-6-4-7-16(12-15)14-21(26(3,23)24)11-10-20-19(22)17-8-5-9-18(13-17)25-2/h4-9,12-13H,10-11,14H2,1-3H3,(H,20,22). The van der Waals surface area contributed by atoms with Gasteiger partial charge in [0.2, 0.25) is 10.0 Å². The second kappa shape index (κ2) is 8.82. The number of nitrogens with zero attached hydrogens (tertiary/aromatic N) is 1. The molecule has 0 aliphatic heterocycles. The normalized spacial score (nSPS) is 11.4. The van der Waals surface area contributed by atoms with Gasteiger partial charge in [0, 0.05) is 25.2 Å². The zero-order valence-corrected chi connectivity index (χ0v) is 16.0. The third-order valence-corrected chi connectivity index (χ3v) is 5.14. The number of hydrogen-bond donors (Lipinski definition) is 1. The second-order valence-corrected chi connectivity index (χ2v) is 8.06. The van der Waals surface area contributed by atoms with Crippen molar-refractivity contribution in [3.8, 4) is 5.75 Å². The van der Waals surface area contributed by atoms with Crippen LogP contribution in [0.1, 0.15) is 21.5 Å². The van der Waals surface area contributed by atoms with Gasteiger partial charge in [-0.3, -0.25) is 4.79 Å². The molecule has 0 heterocycles. The Morgan fingerprint density at radius 3 is 2.54 bits per heavy atom.